The number of hydrogen-bond acceptors (Lipinski definition) is 3. The van der Waals surface area contributed by atoms with Gasteiger partial charge in [-0.05, 0) is 55.3 Å². The molecule has 0 fully saturated rings. The highest BCUT2D eigenvalue weighted by atomic mass is 79.9. The smallest absolute Gasteiger partial charge is 0.262 e. The van der Waals surface area contributed by atoms with E-state index in [9.17, 15) is 9.59 Å². The van der Waals surface area contributed by atoms with E-state index >= 15 is 0 Å². The molecule has 26 heavy (non-hydrogen) atoms. The number of benzene rings is 2. The van der Waals surface area contributed by atoms with Gasteiger partial charge in [0.25, 0.3) is 5.91 Å². The van der Waals surface area contributed by atoms with Gasteiger partial charge in [-0.25, -0.2) is 0 Å². The Kier molecular flexibility index (Phi) is 6.80. The van der Waals surface area contributed by atoms with Crippen LogP contribution in [0.5, 0.6) is 5.75 Å². The highest BCUT2D eigenvalue weighted by Gasteiger charge is 2.10. The van der Waals surface area contributed by atoms with Crippen LogP contribution in [0.15, 0.2) is 40.9 Å². The van der Waals surface area contributed by atoms with E-state index in [1.165, 1.54) is 0 Å². The molecule has 0 saturated heterocycles. The van der Waals surface area contributed by atoms with Gasteiger partial charge in [-0.3, -0.25) is 9.59 Å². The van der Waals surface area contributed by atoms with E-state index in [-0.39, 0.29) is 24.3 Å². The molecule has 2 aromatic carbocycles. The Hall–Kier alpha value is -2.34. The number of carbonyl (C=O) groups is 2. The number of hydrogen-bond donors (Lipinski definition) is 2. The average Bonchev–Trinajstić information content (AvgIpc) is 2.54. The van der Waals surface area contributed by atoms with E-state index in [4.69, 9.17) is 4.74 Å². The van der Waals surface area contributed by atoms with Crippen molar-refractivity contribution in [2.75, 3.05) is 17.2 Å². The Morgan fingerprint density at radius 1 is 1.04 bits per heavy atom. The Balaban J connectivity index is 1.97. The molecule has 0 aromatic heterocycles. The number of carbonyl (C=O) groups excluding carboxylic acids is 2. The summed E-state index contributed by atoms with van der Waals surface area (Å²) < 4.78 is 6.66. The molecule has 5 nitrogen and oxygen atoms in total. The molecule has 6 heteroatoms. The first-order chi connectivity index (χ1) is 12.3. The van der Waals surface area contributed by atoms with Crippen LogP contribution >= 0.6 is 15.9 Å². The standard InChI is InChI=1S/C20H23BrN2O3/c1-12(2)20(25)23-17-7-5-6-16(10-17)22-18(24)11-26-19-13(3)8-15(21)9-14(19)4/h5-10,12H,11H2,1-4H3,(H,22,24)(H,23,25). The molecule has 0 aliphatic rings. The van der Waals surface area contributed by atoms with Crippen molar-refractivity contribution in [2.24, 2.45) is 5.92 Å². The first kappa shape index (κ1) is 20.0. The molecule has 0 radical (unpaired) electrons. The number of aryl methyl sites for hydroxylation is 2. The number of nitrogens with one attached hydrogen (secondary N) is 2. The first-order valence-electron chi connectivity index (χ1n) is 8.36. The third-order valence-electron chi connectivity index (χ3n) is 3.71. The van der Waals surface area contributed by atoms with Crippen molar-refractivity contribution in [3.63, 3.8) is 0 Å². The van der Waals surface area contributed by atoms with Crippen LogP contribution in [-0.4, -0.2) is 18.4 Å². The first-order valence-corrected chi connectivity index (χ1v) is 9.16. The van der Waals surface area contributed by atoms with Gasteiger partial charge in [0, 0.05) is 21.8 Å². The van der Waals surface area contributed by atoms with Crippen molar-refractivity contribution >= 4 is 39.1 Å². The molecule has 0 saturated carbocycles. The van der Waals surface area contributed by atoms with Crippen molar-refractivity contribution in [1.29, 1.82) is 0 Å². The average molecular weight is 419 g/mol. The van der Waals surface area contributed by atoms with Gasteiger partial charge in [0.1, 0.15) is 5.75 Å². The van der Waals surface area contributed by atoms with Crippen molar-refractivity contribution in [2.45, 2.75) is 27.7 Å². The van der Waals surface area contributed by atoms with Gasteiger partial charge in [-0.15, -0.1) is 0 Å². The Bertz CT molecular complexity index is 795. The summed E-state index contributed by atoms with van der Waals surface area (Å²) >= 11 is 3.44. The second-order valence-corrected chi connectivity index (χ2v) is 7.35. The molecule has 2 aromatic rings. The summed E-state index contributed by atoms with van der Waals surface area (Å²) in [4.78, 5) is 24.0. The van der Waals surface area contributed by atoms with Gasteiger partial charge in [0.2, 0.25) is 5.91 Å². The van der Waals surface area contributed by atoms with E-state index in [0.717, 1.165) is 15.6 Å². The highest BCUT2D eigenvalue weighted by molar-refractivity contribution is 9.10. The lowest BCUT2D eigenvalue weighted by Gasteiger charge is -2.13. The van der Waals surface area contributed by atoms with Gasteiger partial charge in [0.05, 0.1) is 0 Å². The van der Waals surface area contributed by atoms with E-state index in [2.05, 4.69) is 26.6 Å². The van der Waals surface area contributed by atoms with Crippen molar-refractivity contribution in [3.8, 4) is 5.75 Å². The molecule has 0 heterocycles. The van der Waals surface area contributed by atoms with Crippen LogP contribution in [0.25, 0.3) is 0 Å². The predicted octanol–water partition coefficient (Wildman–Crippen LogP) is 4.68. The summed E-state index contributed by atoms with van der Waals surface area (Å²) in [6, 6.07) is 10.9. The van der Waals surface area contributed by atoms with Crippen LogP contribution in [-0.2, 0) is 9.59 Å². The lowest BCUT2D eigenvalue weighted by Crippen LogP contribution is -2.21. The maximum atomic E-state index is 12.2. The summed E-state index contributed by atoms with van der Waals surface area (Å²) in [7, 11) is 0. The number of anilines is 2. The highest BCUT2D eigenvalue weighted by Crippen LogP contribution is 2.27. The maximum absolute atomic E-state index is 12.2. The fourth-order valence-electron chi connectivity index (χ4n) is 2.42. The molecular weight excluding hydrogens is 396 g/mol. The fourth-order valence-corrected chi connectivity index (χ4v) is 3.11. The van der Waals surface area contributed by atoms with Gasteiger partial charge in [-0.2, -0.15) is 0 Å². The van der Waals surface area contributed by atoms with Crippen molar-refractivity contribution in [1.82, 2.24) is 0 Å². The Morgan fingerprint density at radius 3 is 2.19 bits per heavy atom. The van der Waals surface area contributed by atoms with Crippen molar-refractivity contribution in [3.05, 3.63) is 52.0 Å². The fraction of sp³-hybridized carbons (Fsp3) is 0.300. The van der Waals surface area contributed by atoms with Gasteiger partial charge in [-0.1, -0.05) is 35.8 Å². The van der Waals surface area contributed by atoms with E-state index < -0.39 is 0 Å². The Morgan fingerprint density at radius 2 is 1.62 bits per heavy atom. The van der Waals surface area contributed by atoms with Crippen LogP contribution in [0.2, 0.25) is 0 Å². The molecule has 138 valence electrons. The zero-order chi connectivity index (χ0) is 19.3. The molecule has 2 amide bonds. The summed E-state index contributed by atoms with van der Waals surface area (Å²) in [5, 5.41) is 5.59. The number of ether oxygens (including phenoxy) is 1. The van der Waals surface area contributed by atoms with Crippen LogP contribution in [0, 0.1) is 19.8 Å². The predicted molar refractivity (Wildman–Crippen MR) is 108 cm³/mol. The number of amides is 2. The molecular formula is C20H23BrN2O3. The second-order valence-electron chi connectivity index (χ2n) is 6.43. The molecule has 0 spiro atoms. The molecule has 2 N–H and O–H groups in total. The summed E-state index contributed by atoms with van der Waals surface area (Å²) in [5.41, 5.74) is 3.16. The normalized spacial score (nSPS) is 10.5. The van der Waals surface area contributed by atoms with Crippen LogP contribution < -0.4 is 15.4 Å². The van der Waals surface area contributed by atoms with Crippen LogP contribution in [0.4, 0.5) is 11.4 Å². The molecule has 2 rings (SSSR count). The minimum atomic E-state index is -0.265. The van der Waals surface area contributed by atoms with Crippen molar-refractivity contribution < 1.29 is 14.3 Å². The van der Waals surface area contributed by atoms with E-state index in [1.807, 2.05) is 39.8 Å². The van der Waals surface area contributed by atoms with Crippen LogP contribution in [0.3, 0.4) is 0 Å². The minimum absolute atomic E-state index is 0.0713. The third kappa shape index (κ3) is 5.59. The number of halogens is 1. The van der Waals surface area contributed by atoms with Crippen LogP contribution in [0.1, 0.15) is 25.0 Å². The van der Waals surface area contributed by atoms with Gasteiger partial charge in [0.15, 0.2) is 6.61 Å². The summed E-state index contributed by atoms with van der Waals surface area (Å²) in [6.45, 7) is 7.43. The lowest BCUT2D eigenvalue weighted by molar-refractivity contribution is -0.119. The zero-order valence-corrected chi connectivity index (χ0v) is 16.9. The Labute approximate surface area is 162 Å². The van der Waals surface area contributed by atoms with Gasteiger partial charge < -0.3 is 15.4 Å². The van der Waals surface area contributed by atoms with E-state index in [0.29, 0.717) is 17.1 Å². The molecule has 0 bridgehead atoms. The molecule has 0 aliphatic heterocycles. The minimum Gasteiger partial charge on any atom is -0.483 e. The number of rotatable bonds is 6. The molecule has 0 aliphatic carbocycles. The molecule has 0 unspecified atom stereocenters. The monoisotopic (exact) mass is 418 g/mol. The lowest BCUT2D eigenvalue weighted by atomic mass is 10.1. The van der Waals surface area contributed by atoms with E-state index in [1.54, 1.807) is 24.3 Å². The SMILES string of the molecule is Cc1cc(Br)cc(C)c1OCC(=O)Nc1cccc(NC(=O)C(C)C)c1. The summed E-state index contributed by atoms with van der Waals surface area (Å²) in [6.07, 6.45) is 0. The second kappa shape index (κ2) is 8.85. The largest absolute Gasteiger partial charge is 0.483 e. The van der Waals surface area contributed by atoms with Gasteiger partial charge >= 0.3 is 0 Å². The maximum Gasteiger partial charge on any atom is 0.262 e. The third-order valence-corrected chi connectivity index (χ3v) is 4.17. The summed E-state index contributed by atoms with van der Waals surface area (Å²) in [5.74, 6) is 0.261. The zero-order valence-electron chi connectivity index (χ0n) is 15.4. The quantitative estimate of drug-likeness (QED) is 0.715. The molecule has 0 atom stereocenters. The topological polar surface area (TPSA) is 67.4 Å².